The van der Waals surface area contributed by atoms with Gasteiger partial charge in [0.1, 0.15) is 6.61 Å². The molecule has 0 saturated carbocycles. The first-order valence-electron chi connectivity index (χ1n) is 4.54. The van der Waals surface area contributed by atoms with Crippen molar-refractivity contribution in [3.05, 3.63) is 18.3 Å². The normalized spacial score (nSPS) is 19.0. The minimum Gasteiger partial charge on any atom is -0.474 e. The fraction of sp³-hybridized carbons (Fsp3) is 0.286. The van der Waals surface area contributed by atoms with Crippen LogP contribution in [-0.2, 0) is 0 Å². The zero-order valence-corrected chi connectivity index (χ0v) is 5.27. The number of nitrogens with zero attached hydrogens (tertiary/aromatic N) is 1. The lowest BCUT2D eigenvalue weighted by Crippen LogP contribution is -2.18. The number of pyridine rings is 1. The van der Waals surface area contributed by atoms with Crippen LogP contribution in [0.2, 0.25) is 0 Å². The van der Waals surface area contributed by atoms with Crippen molar-refractivity contribution in [2.75, 3.05) is 18.5 Å². The maximum absolute atomic E-state index is 7.52. The van der Waals surface area contributed by atoms with Gasteiger partial charge in [-0.1, -0.05) is 0 Å². The number of rotatable bonds is 0. The van der Waals surface area contributed by atoms with Crippen molar-refractivity contribution in [2.45, 2.75) is 0 Å². The van der Waals surface area contributed by atoms with E-state index in [0.717, 1.165) is 0 Å². The van der Waals surface area contributed by atoms with Gasteiger partial charge in [-0.25, -0.2) is 4.98 Å². The molecule has 0 spiro atoms. The van der Waals surface area contributed by atoms with Crippen LogP contribution in [0, 0.1) is 0 Å². The summed E-state index contributed by atoms with van der Waals surface area (Å²) in [5.41, 5.74) is 0.423. The molecule has 0 bridgehead atoms. The largest absolute Gasteiger partial charge is 0.474 e. The zero-order chi connectivity index (χ0) is 9.42. The first-order chi connectivity index (χ1) is 6.20. The Morgan fingerprint density at radius 2 is 2.80 bits per heavy atom. The highest BCUT2D eigenvalue weighted by molar-refractivity contribution is 5.53. The van der Waals surface area contributed by atoms with Gasteiger partial charge in [0.25, 0.3) is 0 Å². The molecule has 0 fully saturated rings. The fourth-order valence-electron chi connectivity index (χ4n) is 0.827. The van der Waals surface area contributed by atoms with Crippen molar-refractivity contribution in [1.29, 1.82) is 0 Å². The molecule has 0 atom stereocenters. The zero-order valence-electron chi connectivity index (χ0n) is 8.27. The van der Waals surface area contributed by atoms with Crippen LogP contribution in [0.3, 0.4) is 0 Å². The Morgan fingerprint density at radius 1 is 1.80 bits per heavy atom. The van der Waals surface area contributed by atoms with Gasteiger partial charge in [-0.3, -0.25) is 0 Å². The monoisotopic (exact) mass is 139 g/mol. The molecular weight excluding hydrogens is 128 g/mol. The van der Waals surface area contributed by atoms with E-state index in [4.69, 9.17) is 8.85 Å². The number of ether oxygens (including phenoxy) is 1. The van der Waals surface area contributed by atoms with E-state index >= 15 is 0 Å². The highest BCUT2D eigenvalue weighted by Crippen LogP contribution is 2.22. The van der Waals surface area contributed by atoms with Crippen LogP contribution < -0.4 is 10.1 Å². The Hall–Kier alpha value is -1.25. The van der Waals surface area contributed by atoms with Gasteiger partial charge in [0.05, 0.1) is 9.80 Å². The standard InChI is InChI=1S/C7H8N2O/c1-2-6-7(9-3-1)10-5-4-8-6/h1-3,8H,4-5H2/i1D,2D,3D. The van der Waals surface area contributed by atoms with E-state index in [-0.39, 0.29) is 24.1 Å². The molecule has 3 nitrogen and oxygen atoms in total. The molecule has 2 heterocycles. The number of fused-ring (bicyclic) bond motifs is 1. The topological polar surface area (TPSA) is 34.2 Å². The summed E-state index contributed by atoms with van der Waals surface area (Å²) in [5, 5.41) is 2.92. The molecule has 0 saturated heterocycles. The SMILES string of the molecule is [2H]c1nc2c(c([2H])c1[2H])NCCO2. The van der Waals surface area contributed by atoms with Gasteiger partial charge in [-0.15, -0.1) is 0 Å². The lowest BCUT2D eigenvalue weighted by molar-refractivity contribution is 0.310. The van der Waals surface area contributed by atoms with Gasteiger partial charge in [0.2, 0.25) is 5.88 Å². The maximum Gasteiger partial charge on any atom is 0.237 e. The average Bonchev–Trinajstić information content (AvgIpc) is 2.15. The van der Waals surface area contributed by atoms with Crippen LogP contribution in [0.5, 0.6) is 5.88 Å². The molecule has 0 aromatic carbocycles. The molecule has 52 valence electrons. The van der Waals surface area contributed by atoms with Gasteiger partial charge in [0.15, 0.2) is 0 Å². The molecule has 0 amide bonds. The Balaban J connectivity index is 2.60. The van der Waals surface area contributed by atoms with Crippen molar-refractivity contribution < 1.29 is 8.85 Å². The number of hydrogen-bond donors (Lipinski definition) is 1. The fourth-order valence-corrected chi connectivity index (χ4v) is 0.827. The molecule has 0 radical (unpaired) electrons. The minimum absolute atomic E-state index is 0.0188. The summed E-state index contributed by atoms with van der Waals surface area (Å²) in [4.78, 5) is 3.75. The average molecular weight is 139 g/mol. The summed E-state index contributed by atoms with van der Waals surface area (Å²) in [5.74, 6) is 0.261. The lowest BCUT2D eigenvalue weighted by Gasteiger charge is -2.16. The van der Waals surface area contributed by atoms with Crippen LogP contribution in [0.15, 0.2) is 18.3 Å². The van der Waals surface area contributed by atoms with Crippen LogP contribution >= 0.6 is 0 Å². The van der Waals surface area contributed by atoms with Gasteiger partial charge >= 0.3 is 0 Å². The van der Waals surface area contributed by atoms with E-state index in [9.17, 15) is 0 Å². The van der Waals surface area contributed by atoms with E-state index in [0.29, 0.717) is 18.8 Å². The number of aromatic nitrogens is 1. The summed E-state index contributed by atoms with van der Waals surface area (Å²) in [6.45, 7) is 1.09. The summed E-state index contributed by atoms with van der Waals surface area (Å²) in [6.07, 6.45) is -0.215. The van der Waals surface area contributed by atoms with Crippen molar-refractivity contribution in [3.63, 3.8) is 0 Å². The predicted octanol–water partition coefficient (Wildman–Crippen LogP) is 0.886. The van der Waals surface area contributed by atoms with E-state index < -0.39 is 0 Å². The first kappa shape index (κ1) is 3.23. The molecule has 1 aliphatic heterocycles. The molecule has 1 aromatic heterocycles. The molecule has 2 rings (SSSR count). The predicted molar refractivity (Wildman–Crippen MR) is 38.2 cm³/mol. The maximum atomic E-state index is 7.52. The van der Waals surface area contributed by atoms with Crippen molar-refractivity contribution in [2.24, 2.45) is 0 Å². The van der Waals surface area contributed by atoms with E-state index in [1.807, 2.05) is 0 Å². The molecule has 1 aliphatic rings. The summed E-state index contributed by atoms with van der Waals surface area (Å²) in [7, 11) is 0. The van der Waals surface area contributed by atoms with Crippen LogP contribution in [0.1, 0.15) is 4.11 Å². The minimum atomic E-state index is -0.215. The second-order valence-corrected chi connectivity index (χ2v) is 1.93. The third-order valence-corrected chi connectivity index (χ3v) is 1.26. The third-order valence-electron chi connectivity index (χ3n) is 1.26. The molecule has 0 aliphatic carbocycles. The van der Waals surface area contributed by atoms with Gasteiger partial charge in [-0.2, -0.15) is 0 Å². The number of hydrogen-bond acceptors (Lipinski definition) is 3. The van der Waals surface area contributed by atoms with Crippen LogP contribution in [0.25, 0.3) is 0 Å². The molecule has 1 aromatic rings. The van der Waals surface area contributed by atoms with E-state index in [1.165, 1.54) is 0 Å². The number of nitrogens with one attached hydrogen (secondary N) is 1. The van der Waals surface area contributed by atoms with Crippen molar-refractivity contribution in [1.82, 2.24) is 4.98 Å². The van der Waals surface area contributed by atoms with E-state index in [2.05, 4.69) is 10.3 Å². The molecule has 1 N–H and O–H groups in total. The van der Waals surface area contributed by atoms with Crippen LogP contribution in [-0.4, -0.2) is 18.1 Å². The highest BCUT2D eigenvalue weighted by Gasteiger charge is 2.07. The number of anilines is 1. The highest BCUT2D eigenvalue weighted by atomic mass is 16.5. The summed E-state index contributed by atoms with van der Waals surface area (Å²) < 4.78 is 27.3. The molecule has 0 unspecified atom stereocenters. The molecular formula is C7H8N2O. The van der Waals surface area contributed by atoms with Gasteiger partial charge in [-0.05, 0) is 12.1 Å². The second-order valence-electron chi connectivity index (χ2n) is 1.93. The Labute approximate surface area is 63.3 Å². The quantitative estimate of drug-likeness (QED) is 0.579. The Bertz CT molecular complexity index is 356. The van der Waals surface area contributed by atoms with Crippen molar-refractivity contribution in [3.8, 4) is 5.88 Å². The van der Waals surface area contributed by atoms with Gasteiger partial charge in [0, 0.05) is 12.7 Å². The van der Waals surface area contributed by atoms with Gasteiger partial charge < -0.3 is 10.1 Å². The Kier molecular flexibility index (Phi) is 0.702. The van der Waals surface area contributed by atoms with Crippen molar-refractivity contribution >= 4 is 5.69 Å². The Morgan fingerprint density at radius 3 is 3.80 bits per heavy atom. The summed E-state index contributed by atoms with van der Waals surface area (Å²) in [6, 6.07) is -0.188. The first-order valence-corrected chi connectivity index (χ1v) is 3.04. The molecule has 3 heteroatoms. The molecule has 10 heavy (non-hydrogen) atoms. The van der Waals surface area contributed by atoms with Crippen LogP contribution in [0.4, 0.5) is 5.69 Å². The summed E-state index contributed by atoms with van der Waals surface area (Å²) >= 11 is 0. The van der Waals surface area contributed by atoms with E-state index in [1.54, 1.807) is 0 Å². The lowest BCUT2D eigenvalue weighted by atomic mass is 10.4. The second kappa shape index (κ2) is 2.17. The smallest absolute Gasteiger partial charge is 0.237 e. The third kappa shape index (κ3) is 0.795.